The first-order valence-electron chi connectivity index (χ1n) is 8.49. The molecule has 0 saturated heterocycles. The predicted molar refractivity (Wildman–Crippen MR) is 90.1 cm³/mol. The Kier molecular flexibility index (Phi) is 7.36. The Bertz CT molecular complexity index is 461. The van der Waals surface area contributed by atoms with Crippen molar-refractivity contribution in [3.05, 3.63) is 35.9 Å². The van der Waals surface area contributed by atoms with Gasteiger partial charge in [0.2, 0.25) is 0 Å². The van der Waals surface area contributed by atoms with Gasteiger partial charge in [0.05, 0.1) is 0 Å². The zero-order valence-electron chi connectivity index (χ0n) is 13.8. The number of aliphatic hydroxyl groups excluding tert-OH is 1. The number of rotatable bonds is 9. The average molecular weight is 320 g/mol. The van der Waals surface area contributed by atoms with Crippen molar-refractivity contribution < 1.29 is 14.6 Å². The van der Waals surface area contributed by atoms with Crippen LogP contribution in [0.2, 0.25) is 0 Å². The molecule has 0 aromatic heterocycles. The first-order chi connectivity index (χ1) is 11.2. The molecule has 1 aliphatic carbocycles. The van der Waals surface area contributed by atoms with E-state index in [1.165, 1.54) is 0 Å². The molecule has 1 aromatic carbocycles. The van der Waals surface area contributed by atoms with E-state index in [9.17, 15) is 4.79 Å². The van der Waals surface area contributed by atoms with Gasteiger partial charge < -0.3 is 20.5 Å². The summed E-state index contributed by atoms with van der Waals surface area (Å²) in [5, 5.41) is 15.3. The number of nitrogens with one attached hydrogen (secondary N) is 2. The average Bonchev–Trinajstić information content (AvgIpc) is 2.54. The lowest BCUT2D eigenvalue weighted by Gasteiger charge is -2.36. The summed E-state index contributed by atoms with van der Waals surface area (Å²) >= 11 is 0. The molecule has 5 nitrogen and oxygen atoms in total. The van der Waals surface area contributed by atoms with Gasteiger partial charge in [-0.15, -0.1) is 0 Å². The van der Waals surface area contributed by atoms with Crippen LogP contribution in [0.25, 0.3) is 0 Å². The smallest absolute Gasteiger partial charge is 0.407 e. The van der Waals surface area contributed by atoms with Gasteiger partial charge in [-0.2, -0.15) is 0 Å². The van der Waals surface area contributed by atoms with E-state index >= 15 is 0 Å². The Hall–Kier alpha value is -1.59. The summed E-state index contributed by atoms with van der Waals surface area (Å²) in [6, 6.07) is 10.4. The summed E-state index contributed by atoms with van der Waals surface area (Å²) in [5.74, 6) is 0.381. The molecular weight excluding hydrogens is 292 g/mol. The van der Waals surface area contributed by atoms with Crippen molar-refractivity contribution >= 4 is 6.09 Å². The lowest BCUT2D eigenvalue weighted by molar-refractivity contribution is 0.125. The van der Waals surface area contributed by atoms with Gasteiger partial charge in [0, 0.05) is 18.7 Å². The molecule has 1 atom stereocenters. The maximum atomic E-state index is 11.7. The zero-order chi connectivity index (χ0) is 16.5. The van der Waals surface area contributed by atoms with E-state index in [2.05, 4.69) is 17.6 Å². The minimum Gasteiger partial charge on any atom is -0.445 e. The van der Waals surface area contributed by atoms with Crippen LogP contribution in [0, 0.1) is 5.92 Å². The second-order valence-electron chi connectivity index (χ2n) is 6.46. The van der Waals surface area contributed by atoms with Crippen molar-refractivity contribution in [2.45, 2.75) is 51.3 Å². The van der Waals surface area contributed by atoms with Crippen LogP contribution in [-0.4, -0.2) is 36.4 Å². The molecule has 5 heteroatoms. The molecule has 2 rings (SSSR count). The van der Waals surface area contributed by atoms with E-state index in [4.69, 9.17) is 9.84 Å². The van der Waals surface area contributed by atoms with Crippen LogP contribution in [0.1, 0.15) is 38.2 Å². The molecule has 0 heterocycles. The lowest BCUT2D eigenvalue weighted by Crippen LogP contribution is -2.52. The molecule has 1 fully saturated rings. The quantitative estimate of drug-likeness (QED) is 0.611. The van der Waals surface area contributed by atoms with Gasteiger partial charge in [0.25, 0.3) is 0 Å². The number of carbonyl (C=O) groups is 1. The van der Waals surface area contributed by atoms with Gasteiger partial charge >= 0.3 is 6.09 Å². The Morgan fingerprint density at radius 3 is 2.74 bits per heavy atom. The molecule has 1 saturated carbocycles. The van der Waals surface area contributed by atoms with Crippen LogP contribution >= 0.6 is 0 Å². The highest BCUT2D eigenvalue weighted by Crippen LogP contribution is 2.20. The first kappa shape index (κ1) is 17.8. The van der Waals surface area contributed by atoms with Crippen LogP contribution in [-0.2, 0) is 11.3 Å². The molecule has 1 aromatic rings. The number of hydrogen-bond donors (Lipinski definition) is 3. The van der Waals surface area contributed by atoms with Crippen LogP contribution in [0.3, 0.4) is 0 Å². The Morgan fingerprint density at radius 2 is 2.04 bits per heavy atom. The van der Waals surface area contributed by atoms with Crippen molar-refractivity contribution in [2.24, 2.45) is 5.92 Å². The third-order valence-electron chi connectivity index (χ3n) is 4.29. The molecular formula is C18H28N2O3. The van der Waals surface area contributed by atoms with Crippen molar-refractivity contribution in [2.75, 3.05) is 13.2 Å². The molecule has 0 spiro atoms. The van der Waals surface area contributed by atoms with Crippen LogP contribution in [0.15, 0.2) is 30.3 Å². The zero-order valence-corrected chi connectivity index (χ0v) is 13.8. The van der Waals surface area contributed by atoms with Crippen molar-refractivity contribution in [3.8, 4) is 0 Å². The van der Waals surface area contributed by atoms with Crippen molar-refractivity contribution in [3.63, 3.8) is 0 Å². The number of hydrogen-bond acceptors (Lipinski definition) is 4. The number of alkyl carbamates (subject to hydrolysis) is 1. The van der Waals surface area contributed by atoms with Crippen molar-refractivity contribution in [1.82, 2.24) is 10.6 Å². The molecule has 3 N–H and O–H groups in total. The molecule has 0 radical (unpaired) electrons. The van der Waals surface area contributed by atoms with Gasteiger partial charge in [0.15, 0.2) is 0 Å². The van der Waals surface area contributed by atoms with E-state index < -0.39 is 0 Å². The van der Waals surface area contributed by atoms with Gasteiger partial charge in [-0.1, -0.05) is 37.3 Å². The highest BCUT2D eigenvalue weighted by atomic mass is 16.5. The van der Waals surface area contributed by atoms with E-state index in [1.54, 1.807) is 0 Å². The molecule has 128 valence electrons. The largest absolute Gasteiger partial charge is 0.445 e. The second-order valence-corrected chi connectivity index (χ2v) is 6.46. The third kappa shape index (κ3) is 6.59. The standard InChI is InChI=1S/C18H28N2O3/c1-14(12-21)6-5-9-19-16-10-17(11-16)20-18(22)23-13-15-7-3-2-4-8-15/h2-4,7-8,14,16-17,19,21H,5-6,9-13H2,1H3,(H,20,22). The molecule has 1 unspecified atom stereocenters. The predicted octanol–water partition coefficient (Wildman–Crippen LogP) is 2.44. The summed E-state index contributed by atoms with van der Waals surface area (Å²) < 4.78 is 5.21. The second kappa shape index (κ2) is 9.53. The topological polar surface area (TPSA) is 70.6 Å². The van der Waals surface area contributed by atoms with E-state index in [-0.39, 0.29) is 18.7 Å². The van der Waals surface area contributed by atoms with Crippen LogP contribution in [0.4, 0.5) is 4.79 Å². The number of aliphatic hydroxyl groups is 1. The Morgan fingerprint density at radius 1 is 1.30 bits per heavy atom. The van der Waals surface area contributed by atoms with E-state index in [1.807, 2.05) is 30.3 Å². The van der Waals surface area contributed by atoms with Gasteiger partial charge in [-0.25, -0.2) is 4.79 Å². The third-order valence-corrected chi connectivity index (χ3v) is 4.29. The fourth-order valence-electron chi connectivity index (χ4n) is 2.68. The molecule has 1 amide bonds. The van der Waals surface area contributed by atoms with Crippen LogP contribution in [0.5, 0.6) is 0 Å². The summed E-state index contributed by atoms with van der Waals surface area (Å²) in [5.41, 5.74) is 0.993. The molecule has 0 bridgehead atoms. The number of carbonyl (C=O) groups excluding carboxylic acids is 1. The Labute approximate surface area is 138 Å². The SMILES string of the molecule is CC(CO)CCCNC1CC(NC(=O)OCc2ccccc2)C1. The van der Waals surface area contributed by atoms with Gasteiger partial charge in [-0.3, -0.25) is 0 Å². The fourth-order valence-corrected chi connectivity index (χ4v) is 2.68. The van der Waals surface area contributed by atoms with E-state index in [0.29, 0.717) is 18.6 Å². The lowest BCUT2D eigenvalue weighted by atomic mass is 9.87. The minimum atomic E-state index is -0.339. The number of benzene rings is 1. The highest BCUT2D eigenvalue weighted by molar-refractivity contribution is 5.67. The summed E-state index contributed by atoms with van der Waals surface area (Å²) in [4.78, 5) is 11.7. The number of amides is 1. The van der Waals surface area contributed by atoms with Crippen molar-refractivity contribution in [1.29, 1.82) is 0 Å². The summed E-state index contributed by atoms with van der Waals surface area (Å²) in [6.07, 6.45) is 3.69. The highest BCUT2D eigenvalue weighted by Gasteiger charge is 2.30. The Balaban J connectivity index is 1.49. The molecule has 0 aliphatic heterocycles. The summed E-state index contributed by atoms with van der Waals surface area (Å²) in [6.45, 7) is 3.61. The van der Waals surface area contributed by atoms with Crippen LogP contribution < -0.4 is 10.6 Å². The fraction of sp³-hybridized carbons (Fsp3) is 0.611. The molecule has 23 heavy (non-hydrogen) atoms. The minimum absolute atomic E-state index is 0.215. The summed E-state index contributed by atoms with van der Waals surface area (Å²) in [7, 11) is 0. The maximum absolute atomic E-state index is 11.7. The normalized spacial score (nSPS) is 21.3. The number of ether oxygens (including phenoxy) is 1. The van der Waals surface area contributed by atoms with E-state index in [0.717, 1.165) is 37.8 Å². The van der Waals surface area contributed by atoms with Gasteiger partial charge in [0.1, 0.15) is 6.61 Å². The first-order valence-corrected chi connectivity index (χ1v) is 8.49. The van der Waals surface area contributed by atoms with Gasteiger partial charge in [-0.05, 0) is 43.7 Å². The monoisotopic (exact) mass is 320 g/mol. The molecule has 1 aliphatic rings. The maximum Gasteiger partial charge on any atom is 0.407 e.